The topological polar surface area (TPSA) is 56.2 Å². The minimum Gasteiger partial charge on any atom is -0.494 e. The van der Waals surface area contributed by atoms with Crippen LogP contribution in [0.15, 0.2) is 0 Å². The van der Waals surface area contributed by atoms with Gasteiger partial charge in [-0.25, -0.2) is 0 Å². The minimum atomic E-state index is 0.0987. The van der Waals surface area contributed by atoms with E-state index in [0.29, 0.717) is 0 Å². The van der Waals surface area contributed by atoms with Crippen molar-refractivity contribution >= 4 is 22.9 Å². The van der Waals surface area contributed by atoms with Gasteiger partial charge in [0.1, 0.15) is 0 Å². The number of hydrogen-bond donors (Lipinski definition) is 3. The van der Waals surface area contributed by atoms with E-state index in [9.17, 15) is 10.2 Å². The monoisotopic (exact) mass is 199 g/mol. The lowest BCUT2D eigenvalue weighted by molar-refractivity contribution is 0.429. The first kappa shape index (κ1) is 7.40. The van der Waals surface area contributed by atoms with E-state index in [-0.39, 0.29) is 11.8 Å². The molecule has 0 radical (unpaired) electrons. The van der Waals surface area contributed by atoms with Crippen LogP contribution in [0.4, 0.5) is 0 Å². The molecule has 1 aromatic heterocycles. The minimum absolute atomic E-state index is 0.0987. The maximum atomic E-state index is 9.73. The van der Waals surface area contributed by atoms with Gasteiger partial charge in [0.05, 0.1) is 10.8 Å². The summed E-state index contributed by atoms with van der Waals surface area (Å²) < 4.78 is 0. The molecule has 2 bridgehead atoms. The number of H-pyrrole nitrogens is 1. The van der Waals surface area contributed by atoms with Crippen molar-refractivity contribution in [1.29, 1.82) is 0 Å². The second kappa shape index (κ2) is 2.03. The van der Waals surface area contributed by atoms with Gasteiger partial charge in [0.2, 0.25) is 0 Å². The van der Waals surface area contributed by atoms with Gasteiger partial charge in [-0.2, -0.15) is 0 Å². The molecule has 0 unspecified atom stereocenters. The molecule has 0 saturated heterocycles. The Morgan fingerprint density at radius 3 is 1.73 bits per heavy atom. The average molecular weight is 199 g/mol. The number of hydrogen-bond acceptors (Lipinski definition) is 2. The second-order valence-electron chi connectivity index (χ2n) is 4.19. The summed E-state index contributed by atoms with van der Waals surface area (Å²) in [6.07, 6.45) is 6.10. The molecular formula is C12H9NO2. The molecule has 0 aliphatic heterocycles. The summed E-state index contributed by atoms with van der Waals surface area (Å²) in [5, 5.41) is 21.1. The highest BCUT2D eigenvalue weighted by Gasteiger charge is 2.29. The first-order chi connectivity index (χ1) is 7.27. The van der Waals surface area contributed by atoms with E-state index < -0.39 is 0 Å². The van der Waals surface area contributed by atoms with Crippen LogP contribution in [0.2, 0.25) is 0 Å². The van der Waals surface area contributed by atoms with Crippen LogP contribution in [-0.4, -0.2) is 15.2 Å². The van der Waals surface area contributed by atoms with Gasteiger partial charge in [0.25, 0.3) is 0 Å². The van der Waals surface area contributed by atoms with Gasteiger partial charge in [-0.05, 0) is 35.1 Å². The van der Waals surface area contributed by atoms with Crippen molar-refractivity contribution in [3.8, 4) is 11.8 Å². The van der Waals surface area contributed by atoms with Crippen LogP contribution in [-0.2, 0) is 12.8 Å². The standard InChI is InChI=1S/C12H9NO2/c14-11-9-7-3-4-8(6-2-1-5(6)7)10(9)12(15)13-11/h1-2,13-15H,3-4H2. The predicted molar refractivity (Wildman–Crippen MR) is 58.0 cm³/mol. The van der Waals surface area contributed by atoms with Crippen LogP contribution in [0.25, 0.3) is 22.9 Å². The zero-order valence-corrected chi connectivity index (χ0v) is 7.96. The molecule has 0 atom stereocenters. The van der Waals surface area contributed by atoms with Gasteiger partial charge >= 0.3 is 0 Å². The van der Waals surface area contributed by atoms with Gasteiger partial charge in [0.15, 0.2) is 11.8 Å². The lowest BCUT2D eigenvalue weighted by Gasteiger charge is -2.27. The molecule has 3 nitrogen and oxygen atoms in total. The third kappa shape index (κ3) is 0.635. The fourth-order valence-corrected chi connectivity index (χ4v) is 2.88. The maximum absolute atomic E-state index is 9.73. The third-order valence-corrected chi connectivity index (χ3v) is 3.55. The van der Waals surface area contributed by atoms with Gasteiger partial charge < -0.3 is 10.2 Å². The molecule has 1 heterocycles. The predicted octanol–water partition coefficient (Wildman–Crippen LogP) is 2.16. The Hall–Kier alpha value is -1.90. The van der Waals surface area contributed by atoms with Gasteiger partial charge in [-0.1, -0.05) is 12.2 Å². The quantitative estimate of drug-likeness (QED) is 0.519. The van der Waals surface area contributed by atoms with Crippen LogP contribution in [0.1, 0.15) is 22.3 Å². The molecule has 0 fully saturated rings. The highest BCUT2D eigenvalue weighted by Crippen LogP contribution is 2.48. The lowest BCUT2D eigenvalue weighted by atomic mass is 9.76. The Morgan fingerprint density at radius 1 is 0.867 bits per heavy atom. The molecule has 0 spiro atoms. The summed E-state index contributed by atoms with van der Waals surface area (Å²) >= 11 is 0. The third-order valence-electron chi connectivity index (χ3n) is 3.55. The van der Waals surface area contributed by atoms with E-state index in [4.69, 9.17) is 0 Å². The van der Waals surface area contributed by atoms with Gasteiger partial charge in [0, 0.05) is 0 Å². The SMILES string of the molecule is Oc1[nH]c(O)c2c3c4c(c(c12)CC3)C=C4. The van der Waals surface area contributed by atoms with E-state index in [0.717, 1.165) is 23.6 Å². The summed E-state index contributed by atoms with van der Waals surface area (Å²) in [6, 6.07) is 0. The highest BCUT2D eigenvalue weighted by molar-refractivity contribution is 6.07. The average Bonchev–Trinajstić information content (AvgIpc) is 2.44. The van der Waals surface area contributed by atoms with Crippen molar-refractivity contribution in [2.24, 2.45) is 0 Å². The van der Waals surface area contributed by atoms with Crippen molar-refractivity contribution in [3.63, 3.8) is 0 Å². The Kier molecular flexibility index (Phi) is 1.00. The highest BCUT2D eigenvalue weighted by atomic mass is 16.3. The fourth-order valence-electron chi connectivity index (χ4n) is 2.88. The fraction of sp³-hybridized carbons (Fsp3) is 0.167. The summed E-state index contributed by atoms with van der Waals surface area (Å²) in [5.41, 5.74) is 4.84. The maximum Gasteiger partial charge on any atom is 0.199 e. The zero-order valence-electron chi connectivity index (χ0n) is 7.96. The first-order valence-corrected chi connectivity index (χ1v) is 5.07. The smallest absolute Gasteiger partial charge is 0.199 e. The van der Waals surface area contributed by atoms with Crippen molar-refractivity contribution < 1.29 is 10.2 Å². The van der Waals surface area contributed by atoms with Crippen molar-refractivity contribution in [1.82, 2.24) is 4.98 Å². The van der Waals surface area contributed by atoms with Crippen LogP contribution in [0.5, 0.6) is 11.8 Å². The molecule has 0 saturated carbocycles. The Labute approximate surface area is 85.7 Å². The molecule has 3 aliphatic carbocycles. The molecule has 2 aromatic rings. The normalized spacial score (nSPS) is 15.7. The number of aromatic hydroxyl groups is 2. The largest absolute Gasteiger partial charge is 0.494 e. The van der Waals surface area contributed by atoms with E-state index >= 15 is 0 Å². The summed E-state index contributed by atoms with van der Waals surface area (Å²) in [6.45, 7) is 0. The lowest BCUT2D eigenvalue weighted by Crippen LogP contribution is -2.12. The number of aryl methyl sites for hydroxylation is 2. The number of fused-ring (bicyclic) bond motifs is 1. The Morgan fingerprint density at radius 2 is 1.33 bits per heavy atom. The summed E-state index contributed by atoms with van der Waals surface area (Å²) in [4.78, 5) is 2.60. The molecule has 1 aromatic carbocycles. The molecule has 0 amide bonds. The number of aromatic amines is 1. The molecule has 74 valence electrons. The molecule has 15 heavy (non-hydrogen) atoms. The van der Waals surface area contributed by atoms with Crippen molar-refractivity contribution in [2.45, 2.75) is 12.8 Å². The summed E-state index contributed by atoms with van der Waals surface area (Å²) in [7, 11) is 0. The van der Waals surface area contributed by atoms with Gasteiger partial charge in [-0.15, -0.1) is 0 Å². The van der Waals surface area contributed by atoms with Crippen molar-refractivity contribution in [3.05, 3.63) is 22.3 Å². The van der Waals surface area contributed by atoms with Crippen LogP contribution in [0.3, 0.4) is 0 Å². The summed E-state index contributed by atoms with van der Waals surface area (Å²) in [5.74, 6) is 0.197. The Balaban J connectivity index is 2.35. The zero-order chi connectivity index (χ0) is 10.2. The number of nitrogens with one attached hydrogen (secondary N) is 1. The number of aromatic nitrogens is 1. The van der Waals surface area contributed by atoms with E-state index in [1.807, 2.05) is 0 Å². The number of rotatable bonds is 0. The number of benzene rings is 1. The first-order valence-electron chi connectivity index (χ1n) is 5.07. The van der Waals surface area contributed by atoms with Gasteiger partial charge in [-0.3, -0.25) is 4.98 Å². The van der Waals surface area contributed by atoms with Crippen LogP contribution >= 0.6 is 0 Å². The molecule has 3 heteroatoms. The van der Waals surface area contributed by atoms with Crippen LogP contribution in [0, 0.1) is 0 Å². The molecule has 3 aliphatic rings. The van der Waals surface area contributed by atoms with Crippen LogP contribution < -0.4 is 0 Å². The van der Waals surface area contributed by atoms with Crippen molar-refractivity contribution in [2.75, 3.05) is 0 Å². The molecule has 3 N–H and O–H groups in total. The van der Waals surface area contributed by atoms with E-state index in [1.54, 1.807) is 0 Å². The van der Waals surface area contributed by atoms with E-state index in [2.05, 4.69) is 17.1 Å². The molecule has 5 rings (SSSR count). The van der Waals surface area contributed by atoms with E-state index in [1.165, 1.54) is 22.3 Å². The second-order valence-corrected chi connectivity index (χ2v) is 4.19. The molecular weight excluding hydrogens is 190 g/mol. The Bertz CT molecular complexity index is 596.